The zero-order chi connectivity index (χ0) is 13.6. The maximum atomic E-state index is 11.7. The van der Waals surface area contributed by atoms with Crippen molar-refractivity contribution in [1.82, 2.24) is 24.7 Å². The molecule has 19 heavy (non-hydrogen) atoms. The van der Waals surface area contributed by atoms with Gasteiger partial charge in [0.05, 0.1) is 16.6 Å². The van der Waals surface area contributed by atoms with Crippen LogP contribution >= 0.6 is 12.2 Å². The first kappa shape index (κ1) is 11.8. The van der Waals surface area contributed by atoms with Crippen LogP contribution in [-0.4, -0.2) is 24.7 Å². The van der Waals surface area contributed by atoms with E-state index in [2.05, 4.69) is 20.1 Å². The highest BCUT2D eigenvalue weighted by molar-refractivity contribution is 7.71. The number of aryl methyl sites for hydroxylation is 2. The molecule has 0 aliphatic carbocycles. The number of pyridine rings is 1. The van der Waals surface area contributed by atoms with Crippen LogP contribution in [0.25, 0.3) is 16.7 Å². The van der Waals surface area contributed by atoms with E-state index in [0.717, 1.165) is 11.4 Å². The Hall–Kier alpha value is -2.28. The molecule has 0 spiro atoms. The van der Waals surface area contributed by atoms with Crippen LogP contribution < -0.4 is 5.56 Å². The molecule has 0 bridgehead atoms. The molecule has 96 valence electrons. The van der Waals surface area contributed by atoms with Gasteiger partial charge in [-0.25, -0.2) is 9.67 Å². The molecule has 3 rings (SSSR count). The standard InChI is InChI=1S/C12H11N5OS/c1-6-3-7(2)17(16-6)10-4-9-8(5-13-10)11(18)15-12(19)14-9/h3-5H,1-2H3,(H2,14,15,18,19). The second-order valence-corrected chi connectivity index (χ2v) is 4.74. The highest BCUT2D eigenvalue weighted by Gasteiger charge is 2.07. The summed E-state index contributed by atoms with van der Waals surface area (Å²) in [5.41, 5.74) is 2.29. The van der Waals surface area contributed by atoms with E-state index in [-0.39, 0.29) is 5.56 Å². The lowest BCUT2D eigenvalue weighted by Gasteiger charge is -2.04. The van der Waals surface area contributed by atoms with Gasteiger partial charge in [0.15, 0.2) is 10.6 Å². The fraction of sp³-hybridized carbons (Fsp3) is 0.167. The fourth-order valence-electron chi connectivity index (χ4n) is 2.03. The first-order valence-electron chi connectivity index (χ1n) is 5.70. The van der Waals surface area contributed by atoms with Crippen LogP contribution in [0.4, 0.5) is 0 Å². The maximum absolute atomic E-state index is 11.7. The Bertz CT molecular complexity index is 889. The molecule has 0 unspecified atom stereocenters. The van der Waals surface area contributed by atoms with Gasteiger partial charge >= 0.3 is 0 Å². The predicted octanol–water partition coefficient (Wildman–Crippen LogP) is 1.78. The minimum Gasteiger partial charge on any atom is -0.332 e. The number of hydrogen-bond acceptors (Lipinski definition) is 4. The topological polar surface area (TPSA) is 79.4 Å². The molecular weight excluding hydrogens is 262 g/mol. The van der Waals surface area contributed by atoms with Crippen molar-refractivity contribution in [2.45, 2.75) is 13.8 Å². The minimum atomic E-state index is -0.244. The van der Waals surface area contributed by atoms with E-state index in [1.54, 1.807) is 10.7 Å². The molecule has 0 saturated heterocycles. The Labute approximate surface area is 113 Å². The van der Waals surface area contributed by atoms with Crippen LogP contribution in [0.1, 0.15) is 11.4 Å². The third-order valence-corrected chi connectivity index (χ3v) is 3.04. The molecule has 3 heterocycles. The second kappa shape index (κ2) is 4.13. The maximum Gasteiger partial charge on any atom is 0.261 e. The number of H-pyrrole nitrogens is 2. The molecule has 2 N–H and O–H groups in total. The van der Waals surface area contributed by atoms with Crippen LogP contribution in [0.5, 0.6) is 0 Å². The van der Waals surface area contributed by atoms with E-state index in [0.29, 0.717) is 21.5 Å². The van der Waals surface area contributed by atoms with Gasteiger partial charge in [0.25, 0.3) is 5.56 Å². The summed E-state index contributed by atoms with van der Waals surface area (Å²) in [6, 6.07) is 3.73. The van der Waals surface area contributed by atoms with Crippen LogP contribution in [0, 0.1) is 18.6 Å². The van der Waals surface area contributed by atoms with Gasteiger partial charge in [0, 0.05) is 18.0 Å². The number of rotatable bonds is 1. The monoisotopic (exact) mass is 273 g/mol. The van der Waals surface area contributed by atoms with Crippen molar-refractivity contribution in [2.75, 3.05) is 0 Å². The smallest absolute Gasteiger partial charge is 0.261 e. The summed E-state index contributed by atoms with van der Waals surface area (Å²) in [7, 11) is 0. The van der Waals surface area contributed by atoms with Gasteiger partial charge in [-0.1, -0.05) is 0 Å². The van der Waals surface area contributed by atoms with Gasteiger partial charge in [0.1, 0.15) is 0 Å². The number of aromatic amines is 2. The number of hydrogen-bond donors (Lipinski definition) is 2. The summed E-state index contributed by atoms with van der Waals surface area (Å²) in [6.45, 7) is 3.87. The molecular formula is C12H11N5OS. The van der Waals surface area contributed by atoms with Crippen molar-refractivity contribution in [3.05, 3.63) is 44.8 Å². The van der Waals surface area contributed by atoms with Gasteiger partial charge in [-0.2, -0.15) is 5.10 Å². The summed E-state index contributed by atoms with van der Waals surface area (Å²) in [5.74, 6) is 0.648. The van der Waals surface area contributed by atoms with Gasteiger partial charge in [-0.3, -0.25) is 9.78 Å². The highest BCUT2D eigenvalue weighted by atomic mass is 32.1. The average molecular weight is 273 g/mol. The lowest BCUT2D eigenvalue weighted by molar-refractivity contribution is 0.807. The van der Waals surface area contributed by atoms with Crippen molar-refractivity contribution < 1.29 is 0 Å². The number of aromatic nitrogens is 5. The van der Waals surface area contributed by atoms with E-state index in [4.69, 9.17) is 12.2 Å². The van der Waals surface area contributed by atoms with E-state index in [1.165, 1.54) is 6.20 Å². The summed E-state index contributed by atoms with van der Waals surface area (Å²) in [6.07, 6.45) is 1.52. The van der Waals surface area contributed by atoms with E-state index in [9.17, 15) is 4.79 Å². The first-order valence-corrected chi connectivity index (χ1v) is 6.11. The minimum absolute atomic E-state index is 0.244. The normalized spacial score (nSPS) is 11.1. The van der Waals surface area contributed by atoms with Crippen LogP contribution in [0.15, 0.2) is 23.1 Å². The number of nitrogens with zero attached hydrogens (tertiary/aromatic N) is 3. The number of nitrogens with one attached hydrogen (secondary N) is 2. The van der Waals surface area contributed by atoms with Crippen LogP contribution in [0.2, 0.25) is 0 Å². The molecule has 3 aromatic heterocycles. The van der Waals surface area contributed by atoms with Gasteiger partial charge in [-0.15, -0.1) is 0 Å². The Kier molecular flexibility index (Phi) is 2.56. The lowest BCUT2D eigenvalue weighted by atomic mass is 10.3. The third kappa shape index (κ3) is 1.97. The zero-order valence-corrected chi connectivity index (χ0v) is 11.2. The van der Waals surface area contributed by atoms with Gasteiger partial charge in [-0.05, 0) is 32.1 Å². The van der Waals surface area contributed by atoms with Crippen molar-refractivity contribution in [3.8, 4) is 5.82 Å². The SMILES string of the molecule is Cc1cc(C)n(-c2cc3[nH]c(=S)[nH]c(=O)c3cn2)n1. The predicted molar refractivity (Wildman–Crippen MR) is 74.1 cm³/mol. The van der Waals surface area contributed by atoms with Crippen LogP contribution in [0.3, 0.4) is 0 Å². The first-order chi connectivity index (χ1) is 9.04. The van der Waals surface area contributed by atoms with Crippen molar-refractivity contribution in [1.29, 1.82) is 0 Å². The summed E-state index contributed by atoms with van der Waals surface area (Å²) < 4.78 is 2.02. The zero-order valence-electron chi connectivity index (χ0n) is 10.4. The van der Waals surface area contributed by atoms with E-state index < -0.39 is 0 Å². The number of fused-ring (bicyclic) bond motifs is 1. The van der Waals surface area contributed by atoms with Crippen molar-refractivity contribution in [3.63, 3.8) is 0 Å². The highest BCUT2D eigenvalue weighted by Crippen LogP contribution is 2.13. The molecule has 0 atom stereocenters. The quantitative estimate of drug-likeness (QED) is 0.662. The van der Waals surface area contributed by atoms with E-state index >= 15 is 0 Å². The van der Waals surface area contributed by atoms with E-state index in [1.807, 2.05) is 19.9 Å². The van der Waals surface area contributed by atoms with Gasteiger partial charge < -0.3 is 4.98 Å². The molecule has 0 fully saturated rings. The third-order valence-electron chi connectivity index (χ3n) is 2.84. The molecule has 0 amide bonds. The molecule has 7 heteroatoms. The van der Waals surface area contributed by atoms with Gasteiger partial charge in [0.2, 0.25) is 0 Å². The summed E-state index contributed by atoms with van der Waals surface area (Å²) in [5, 5.41) is 4.83. The fourth-order valence-corrected chi connectivity index (χ4v) is 2.23. The van der Waals surface area contributed by atoms with Crippen LogP contribution in [-0.2, 0) is 0 Å². The lowest BCUT2D eigenvalue weighted by Crippen LogP contribution is -2.10. The summed E-state index contributed by atoms with van der Waals surface area (Å²) >= 11 is 4.96. The second-order valence-electron chi connectivity index (χ2n) is 4.34. The Morgan fingerprint density at radius 3 is 2.74 bits per heavy atom. The summed E-state index contributed by atoms with van der Waals surface area (Å²) in [4.78, 5) is 21.5. The molecule has 6 nitrogen and oxygen atoms in total. The Balaban J connectivity index is 2.30. The molecule has 3 aromatic rings. The molecule has 0 saturated carbocycles. The molecule has 0 aromatic carbocycles. The molecule has 0 radical (unpaired) electrons. The largest absolute Gasteiger partial charge is 0.332 e. The average Bonchev–Trinajstić information content (AvgIpc) is 2.67. The van der Waals surface area contributed by atoms with Crippen molar-refractivity contribution in [2.24, 2.45) is 0 Å². The Morgan fingerprint density at radius 1 is 1.26 bits per heavy atom. The molecule has 0 aliphatic rings. The molecule has 0 aliphatic heterocycles. The van der Waals surface area contributed by atoms with Crippen molar-refractivity contribution >= 4 is 23.1 Å². The Morgan fingerprint density at radius 2 is 2.05 bits per heavy atom.